The third-order valence-electron chi connectivity index (χ3n) is 5.28. The number of urea groups is 1. The number of carbonyl (C=O) groups is 1. The zero-order valence-electron chi connectivity index (χ0n) is 16.1. The molecule has 0 spiro atoms. The van der Waals surface area contributed by atoms with Gasteiger partial charge in [0.2, 0.25) is 0 Å². The number of benzene rings is 2. The Bertz CT molecular complexity index is 896. The number of para-hydroxylation sites is 2. The van der Waals surface area contributed by atoms with Crippen LogP contribution in [0.3, 0.4) is 0 Å². The molecule has 1 fully saturated rings. The van der Waals surface area contributed by atoms with Crippen molar-refractivity contribution in [2.75, 3.05) is 20.2 Å². The zero-order valence-corrected chi connectivity index (χ0v) is 16.1. The van der Waals surface area contributed by atoms with Gasteiger partial charge in [0, 0.05) is 13.1 Å². The van der Waals surface area contributed by atoms with E-state index >= 15 is 0 Å². The number of rotatable bonds is 5. The molecule has 146 valence electrons. The quantitative estimate of drug-likeness (QED) is 0.704. The third kappa shape index (κ3) is 4.11. The molecule has 6 heteroatoms. The summed E-state index contributed by atoms with van der Waals surface area (Å²) in [4.78, 5) is 22.9. The maximum absolute atomic E-state index is 12.8. The molecule has 0 saturated carbocycles. The van der Waals surface area contributed by atoms with E-state index in [1.807, 2.05) is 53.4 Å². The van der Waals surface area contributed by atoms with Crippen molar-refractivity contribution in [2.45, 2.75) is 31.7 Å². The molecule has 3 aromatic rings. The highest BCUT2D eigenvalue weighted by atomic mass is 16.5. The Hall–Kier alpha value is -3.02. The van der Waals surface area contributed by atoms with Crippen LogP contribution in [0.1, 0.15) is 36.7 Å². The largest absolute Gasteiger partial charge is 0.497 e. The van der Waals surface area contributed by atoms with Crippen molar-refractivity contribution in [1.29, 1.82) is 0 Å². The van der Waals surface area contributed by atoms with Gasteiger partial charge in [0.15, 0.2) is 0 Å². The zero-order chi connectivity index (χ0) is 19.3. The number of aromatic amines is 1. The van der Waals surface area contributed by atoms with Gasteiger partial charge in [-0.2, -0.15) is 0 Å². The predicted molar refractivity (Wildman–Crippen MR) is 109 cm³/mol. The number of carbonyl (C=O) groups excluding carboxylic acids is 1. The van der Waals surface area contributed by atoms with Crippen LogP contribution in [0.5, 0.6) is 5.75 Å². The maximum atomic E-state index is 12.8. The molecular weight excluding hydrogens is 352 g/mol. The Balaban J connectivity index is 1.58. The van der Waals surface area contributed by atoms with Gasteiger partial charge in [0.05, 0.1) is 24.2 Å². The summed E-state index contributed by atoms with van der Waals surface area (Å²) in [6.07, 6.45) is 3.99. The summed E-state index contributed by atoms with van der Waals surface area (Å²) < 4.78 is 5.25. The highest BCUT2D eigenvalue weighted by molar-refractivity contribution is 5.76. The lowest BCUT2D eigenvalue weighted by atomic mass is 10.1. The highest BCUT2D eigenvalue weighted by Crippen LogP contribution is 2.22. The van der Waals surface area contributed by atoms with Crippen molar-refractivity contribution in [2.24, 2.45) is 0 Å². The molecule has 1 saturated heterocycles. The molecule has 2 heterocycles. The number of H-pyrrole nitrogens is 1. The summed E-state index contributed by atoms with van der Waals surface area (Å²) >= 11 is 0. The summed E-state index contributed by atoms with van der Waals surface area (Å²) in [5, 5.41) is 3.20. The number of aromatic nitrogens is 2. The van der Waals surface area contributed by atoms with Crippen LogP contribution in [0, 0.1) is 0 Å². The Morgan fingerprint density at radius 2 is 1.89 bits per heavy atom. The lowest BCUT2D eigenvalue weighted by Gasteiger charge is -2.29. The first kappa shape index (κ1) is 18.3. The second-order valence-corrected chi connectivity index (χ2v) is 7.24. The van der Waals surface area contributed by atoms with Crippen LogP contribution < -0.4 is 10.1 Å². The van der Waals surface area contributed by atoms with Crippen LogP contribution in [-0.4, -0.2) is 41.1 Å². The van der Waals surface area contributed by atoms with Gasteiger partial charge in [-0.15, -0.1) is 0 Å². The molecule has 0 bridgehead atoms. The third-order valence-corrected chi connectivity index (χ3v) is 5.28. The number of methoxy groups -OCH3 is 1. The lowest BCUT2D eigenvalue weighted by Crippen LogP contribution is -2.44. The minimum absolute atomic E-state index is 0.0151. The number of hydrogen-bond donors (Lipinski definition) is 2. The van der Waals surface area contributed by atoms with E-state index in [1.54, 1.807) is 7.11 Å². The van der Waals surface area contributed by atoms with E-state index in [-0.39, 0.29) is 12.1 Å². The number of amides is 2. The molecular formula is C22H26N4O2. The number of likely N-dealkylation sites (tertiary alicyclic amines) is 1. The van der Waals surface area contributed by atoms with Crippen molar-refractivity contribution in [3.63, 3.8) is 0 Å². The van der Waals surface area contributed by atoms with E-state index < -0.39 is 0 Å². The average molecular weight is 378 g/mol. The summed E-state index contributed by atoms with van der Waals surface area (Å²) in [6, 6.07) is 15.6. The van der Waals surface area contributed by atoms with Gasteiger partial charge in [0.25, 0.3) is 0 Å². The Morgan fingerprint density at radius 1 is 1.14 bits per heavy atom. The van der Waals surface area contributed by atoms with Gasteiger partial charge in [-0.05, 0) is 55.5 Å². The van der Waals surface area contributed by atoms with Crippen molar-refractivity contribution in [3.05, 3.63) is 59.9 Å². The molecule has 0 unspecified atom stereocenters. The van der Waals surface area contributed by atoms with Crippen molar-refractivity contribution >= 4 is 17.1 Å². The van der Waals surface area contributed by atoms with E-state index in [2.05, 4.69) is 10.3 Å². The normalized spacial score (nSPS) is 15.4. The molecule has 28 heavy (non-hydrogen) atoms. The van der Waals surface area contributed by atoms with Gasteiger partial charge < -0.3 is 19.9 Å². The first-order valence-corrected chi connectivity index (χ1v) is 9.86. The van der Waals surface area contributed by atoms with Gasteiger partial charge in [0.1, 0.15) is 11.6 Å². The van der Waals surface area contributed by atoms with Crippen LogP contribution in [0.15, 0.2) is 48.5 Å². The van der Waals surface area contributed by atoms with E-state index in [0.29, 0.717) is 6.42 Å². The molecule has 0 aliphatic carbocycles. The number of piperidine rings is 1. The smallest absolute Gasteiger partial charge is 0.317 e. The number of fused-ring (bicyclic) bond motifs is 1. The van der Waals surface area contributed by atoms with Crippen LogP contribution in [0.2, 0.25) is 0 Å². The number of nitrogens with one attached hydrogen (secondary N) is 2. The van der Waals surface area contributed by atoms with Crippen molar-refractivity contribution in [1.82, 2.24) is 20.2 Å². The lowest BCUT2D eigenvalue weighted by molar-refractivity contribution is 0.182. The molecule has 2 amide bonds. The maximum Gasteiger partial charge on any atom is 0.317 e. The molecule has 1 atom stereocenters. The SMILES string of the molecule is COc1ccc(C[C@@H](NC(=O)N2CCCCC2)c2nc3ccccc3[nH]2)cc1. The van der Waals surface area contributed by atoms with Crippen LogP contribution >= 0.6 is 0 Å². The summed E-state index contributed by atoms with van der Waals surface area (Å²) in [6.45, 7) is 1.64. The van der Waals surface area contributed by atoms with Crippen LogP contribution in [0.4, 0.5) is 4.79 Å². The van der Waals surface area contributed by atoms with Gasteiger partial charge in [-0.3, -0.25) is 0 Å². The molecule has 6 nitrogen and oxygen atoms in total. The molecule has 2 N–H and O–H groups in total. The second-order valence-electron chi connectivity index (χ2n) is 7.24. The fourth-order valence-corrected chi connectivity index (χ4v) is 3.69. The Kier molecular flexibility index (Phi) is 5.46. The summed E-state index contributed by atoms with van der Waals surface area (Å²) in [7, 11) is 1.66. The van der Waals surface area contributed by atoms with E-state index in [0.717, 1.165) is 54.1 Å². The van der Waals surface area contributed by atoms with E-state index in [1.165, 1.54) is 6.42 Å². The number of ether oxygens (including phenoxy) is 1. The minimum Gasteiger partial charge on any atom is -0.497 e. The van der Waals surface area contributed by atoms with Crippen LogP contribution in [-0.2, 0) is 6.42 Å². The van der Waals surface area contributed by atoms with Crippen molar-refractivity contribution in [3.8, 4) is 5.75 Å². The second kappa shape index (κ2) is 8.33. The number of imidazole rings is 1. The highest BCUT2D eigenvalue weighted by Gasteiger charge is 2.23. The Labute approximate surface area is 164 Å². The van der Waals surface area contributed by atoms with Crippen molar-refractivity contribution < 1.29 is 9.53 Å². The summed E-state index contributed by atoms with van der Waals surface area (Å²) in [5.74, 6) is 1.60. The Morgan fingerprint density at radius 3 is 2.61 bits per heavy atom. The van der Waals surface area contributed by atoms with Gasteiger partial charge >= 0.3 is 6.03 Å². The van der Waals surface area contributed by atoms with E-state index in [4.69, 9.17) is 9.72 Å². The molecule has 1 aliphatic rings. The predicted octanol–water partition coefficient (Wildman–Crippen LogP) is 4.05. The van der Waals surface area contributed by atoms with E-state index in [9.17, 15) is 4.79 Å². The number of nitrogens with zero attached hydrogens (tertiary/aromatic N) is 2. The fourth-order valence-electron chi connectivity index (χ4n) is 3.69. The first-order valence-electron chi connectivity index (χ1n) is 9.86. The fraction of sp³-hybridized carbons (Fsp3) is 0.364. The number of hydrogen-bond acceptors (Lipinski definition) is 3. The molecule has 2 aromatic carbocycles. The topological polar surface area (TPSA) is 70.2 Å². The monoisotopic (exact) mass is 378 g/mol. The standard InChI is InChI=1S/C22H26N4O2/c1-28-17-11-9-16(10-12-17)15-20(25-22(27)26-13-5-2-6-14-26)21-23-18-7-3-4-8-19(18)24-21/h3-4,7-12,20H,2,5-6,13-15H2,1H3,(H,23,24)(H,25,27)/t20-/m1/s1. The molecule has 4 rings (SSSR count). The average Bonchev–Trinajstić information content (AvgIpc) is 3.18. The first-order chi connectivity index (χ1) is 13.7. The molecule has 0 radical (unpaired) electrons. The molecule has 1 aliphatic heterocycles. The minimum atomic E-state index is -0.227. The van der Waals surface area contributed by atoms with Crippen LogP contribution in [0.25, 0.3) is 11.0 Å². The van der Waals surface area contributed by atoms with Gasteiger partial charge in [-0.25, -0.2) is 9.78 Å². The summed E-state index contributed by atoms with van der Waals surface area (Å²) in [5.41, 5.74) is 3.00. The van der Waals surface area contributed by atoms with Gasteiger partial charge in [-0.1, -0.05) is 24.3 Å². The molecule has 1 aromatic heterocycles.